The highest BCUT2D eigenvalue weighted by molar-refractivity contribution is 6.37. The Morgan fingerprint density at radius 3 is 2.36 bits per heavy atom. The molecule has 2 N–H and O–H groups in total. The van der Waals surface area contributed by atoms with Crippen LogP contribution in [-0.4, -0.2) is 25.5 Å². The fourth-order valence-electron chi connectivity index (χ4n) is 1.18. The summed E-state index contributed by atoms with van der Waals surface area (Å²) in [5.41, 5.74) is 2.96. The number of hydrogen-bond acceptors (Lipinski definition) is 3. The minimum absolute atomic E-state index is 0.472. The molecule has 0 aromatic carbocycles. The van der Waals surface area contributed by atoms with Crippen molar-refractivity contribution < 1.29 is 0 Å². The molecule has 0 saturated carbocycles. The SMILES string of the molecule is CCN=C(C=N)/C(NC)=C(\C)C(C)C. The molecule has 0 aliphatic carbocycles. The predicted molar refractivity (Wildman–Crippen MR) is 63.4 cm³/mol. The van der Waals surface area contributed by atoms with Gasteiger partial charge in [0.25, 0.3) is 0 Å². The standard InChI is InChI=1S/C11H21N3/c1-6-14-10(7-12)11(13-5)9(4)8(2)3/h7-8,12-13H,6H2,1-5H3/b11-9-,12-7?,14-10?. The van der Waals surface area contributed by atoms with Gasteiger partial charge in [-0.25, -0.2) is 0 Å². The van der Waals surface area contributed by atoms with Crippen molar-refractivity contribution in [3.05, 3.63) is 11.3 Å². The van der Waals surface area contributed by atoms with Crippen LogP contribution in [0.3, 0.4) is 0 Å². The molecular weight excluding hydrogens is 174 g/mol. The molecule has 14 heavy (non-hydrogen) atoms. The molecule has 3 nitrogen and oxygen atoms in total. The molecule has 0 heterocycles. The normalized spacial score (nSPS) is 14.0. The van der Waals surface area contributed by atoms with Crippen molar-refractivity contribution in [3.8, 4) is 0 Å². The Kier molecular flexibility index (Phi) is 5.84. The van der Waals surface area contributed by atoms with Gasteiger partial charge in [-0.05, 0) is 25.3 Å². The molecule has 0 fully saturated rings. The van der Waals surface area contributed by atoms with E-state index in [1.165, 1.54) is 11.8 Å². The highest BCUT2D eigenvalue weighted by Crippen LogP contribution is 2.12. The number of rotatable bonds is 5. The minimum atomic E-state index is 0.472. The quantitative estimate of drug-likeness (QED) is 0.649. The van der Waals surface area contributed by atoms with Crippen molar-refractivity contribution in [3.63, 3.8) is 0 Å². The smallest absolute Gasteiger partial charge is 0.0980 e. The Bertz CT molecular complexity index is 249. The van der Waals surface area contributed by atoms with Crippen LogP contribution in [0.1, 0.15) is 27.7 Å². The first-order valence-electron chi connectivity index (χ1n) is 5.02. The number of hydrogen-bond donors (Lipinski definition) is 2. The van der Waals surface area contributed by atoms with Crippen molar-refractivity contribution in [2.45, 2.75) is 27.7 Å². The zero-order chi connectivity index (χ0) is 11.1. The average molecular weight is 195 g/mol. The van der Waals surface area contributed by atoms with Gasteiger partial charge in [0.15, 0.2) is 0 Å². The maximum atomic E-state index is 7.30. The number of nitrogens with zero attached hydrogens (tertiary/aromatic N) is 1. The Labute approximate surface area is 86.8 Å². The van der Waals surface area contributed by atoms with Gasteiger partial charge in [0, 0.05) is 19.8 Å². The summed E-state index contributed by atoms with van der Waals surface area (Å²) in [5, 5.41) is 10.4. The molecule has 0 unspecified atom stereocenters. The zero-order valence-electron chi connectivity index (χ0n) is 9.81. The van der Waals surface area contributed by atoms with Crippen LogP contribution in [-0.2, 0) is 0 Å². The van der Waals surface area contributed by atoms with E-state index in [4.69, 9.17) is 5.41 Å². The van der Waals surface area contributed by atoms with E-state index in [1.807, 2.05) is 14.0 Å². The average Bonchev–Trinajstić information content (AvgIpc) is 2.17. The summed E-state index contributed by atoms with van der Waals surface area (Å²) in [6.07, 6.45) is 1.31. The van der Waals surface area contributed by atoms with E-state index in [0.717, 1.165) is 11.4 Å². The van der Waals surface area contributed by atoms with E-state index in [2.05, 4.69) is 31.1 Å². The lowest BCUT2D eigenvalue weighted by Crippen LogP contribution is -2.21. The first-order chi connectivity index (χ1) is 6.58. The molecule has 0 spiro atoms. The van der Waals surface area contributed by atoms with Gasteiger partial charge in [-0.2, -0.15) is 0 Å². The zero-order valence-corrected chi connectivity index (χ0v) is 9.81. The molecule has 3 heteroatoms. The lowest BCUT2D eigenvalue weighted by Gasteiger charge is -2.14. The summed E-state index contributed by atoms with van der Waals surface area (Å²) < 4.78 is 0. The summed E-state index contributed by atoms with van der Waals surface area (Å²) >= 11 is 0. The van der Waals surface area contributed by atoms with Crippen LogP contribution in [0.5, 0.6) is 0 Å². The van der Waals surface area contributed by atoms with Gasteiger partial charge >= 0.3 is 0 Å². The van der Waals surface area contributed by atoms with E-state index in [-0.39, 0.29) is 0 Å². The van der Waals surface area contributed by atoms with Gasteiger partial charge < -0.3 is 10.7 Å². The van der Waals surface area contributed by atoms with Crippen molar-refractivity contribution in [2.24, 2.45) is 10.9 Å². The second-order valence-electron chi connectivity index (χ2n) is 3.47. The second kappa shape index (κ2) is 6.35. The van der Waals surface area contributed by atoms with E-state index in [1.54, 1.807) is 0 Å². The Morgan fingerprint density at radius 2 is 2.07 bits per heavy atom. The largest absolute Gasteiger partial charge is 0.386 e. The molecule has 0 bridgehead atoms. The third-order valence-electron chi connectivity index (χ3n) is 2.23. The maximum absolute atomic E-state index is 7.30. The number of nitrogens with one attached hydrogen (secondary N) is 2. The molecule has 0 saturated heterocycles. The molecule has 0 radical (unpaired) electrons. The van der Waals surface area contributed by atoms with Crippen molar-refractivity contribution >= 4 is 11.9 Å². The van der Waals surface area contributed by atoms with Crippen molar-refractivity contribution in [1.82, 2.24) is 5.32 Å². The molecule has 0 rings (SSSR count). The van der Waals surface area contributed by atoms with E-state index in [9.17, 15) is 0 Å². The van der Waals surface area contributed by atoms with Crippen LogP contribution in [0.15, 0.2) is 16.3 Å². The summed E-state index contributed by atoms with van der Waals surface area (Å²) in [6, 6.07) is 0. The van der Waals surface area contributed by atoms with E-state index >= 15 is 0 Å². The molecule has 0 aliphatic rings. The molecule has 80 valence electrons. The fourth-order valence-corrected chi connectivity index (χ4v) is 1.18. The van der Waals surface area contributed by atoms with E-state index < -0.39 is 0 Å². The third kappa shape index (κ3) is 3.32. The van der Waals surface area contributed by atoms with Crippen LogP contribution in [0.4, 0.5) is 0 Å². The van der Waals surface area contributed by atoms with Crippen molar-refractivity contribution in [2.75, 3.05) is 13.6 Å². The topological polar surface area (TPSA) is 48.2 Å². The summed E-state index contributed by atoms with van der Waals surface area (Å²) in [4.78, 5) is 4.27. The van der Waals surface area contributed by atoms with Crippen LogP contribution in [0, 0.1) is 11.3 Å². The number of allylic oxidation sites excluding steroid dienone is 2. The Hall–Kier alpha value is -1.12. The first kappa shape index (κ1) is 12.9. The summed E-state index contributed by atoms with van der Waals surface area (Å²) in [7, 11) is 1.87. The molecular formula is C11H21N3. The van der Waals surface area contributed by atoms with Gasteiger partial charge in [-0.15, -0.1) is 0 Å². The summed E-state index contributed by atoms with van der Waals surface area (Å²) in [5.74, 6) is 0.472. The van der Waals surface area contributed by atoms with Crippen LogP contribution in [0.2, 0.25) is 0 Å². The molecule has 0 amide bonds. The van der Waals surface area contributed by atoms with Gasteiger partial charge in [-0.1, -0.05) is 13.8 Å². The molecule has 0 aromatic heterocycles. The van der Waals surface area contributed by atoms with Gasteiger partial charge in [0.1, 0.15) is 0 Å². The second-order valence-corrected chi connectivity index (χ2v) is 3.47. The van der Waals surface area contributed by atoms with Crippen LogP contribution >= 0.6 is 0 Å². The third-order valence-corrected chi connectivity index (χ3v) is 2.23. The highest BCUT2D eigenvalue weighted by atomic mass is 14.9. The van der Waals surface area contributed by atoms with Gasteiger partial charge in [0.2, 0.25) is 0 Å². The van der Waals surface area contributed by atoms with Crippen LogP contribution in [0.25, 0.3) is 0 Å². The first-order valence-corrected chi connectivity index (χ1v) is 5.02. The highest BCUT2D eigenvalue weighted by Gasteiger charge is 2.08. The van der Waals surface area contributed by atoms with Crippen molar-refractivity contribution in [1.29, 1.82) is 5.41 Å². The lowest BCUT2D eigenvalue weighted by atomic mass is 10.0. The van der Waals surface area contributed by atoms with E-state index in [0.29, 0.717) is 12.5 Å². The minimum Gasteiger partial charge on any atom is -0.386 e. The maximum Gasteiger partial charge on any atom is 0.0980 e. The Balaban J connectivity index is 5.14. The predicted octanol–water partition coefficient (Wildman–Crippen LogP) is 2.25. The molecule has 0 aliphatic heterocycles. The van der Waals surface area contributed by atoms with Gasteiger partial charge in [0.05, 0.1) is 11.4 Å². The lowest BCUT2D eigenvalue weighted by molar-refractivity contribution is 0.750. The number of aliphatic imine (C=N–C) groups is 1. The van der Waals surface area contributed by atoms with Gasteiger partial charge in [-0.3, -0.25) is 4.99 Å². The monoisotopic (exact) mass is 195 g/mol. The van der Waals surface area contributed by atoms with Crippen LogP contribution < -0.4 is 5.32 Å². The molecule has 0 atom stereocenters. The molecule has 0 aromatic rings. The summed E-state index contributed by atoms with van der Waals surface area (Å²) in [6.45, 7) is 9.04. The Morgan fingerprint density at radius 1 is 1.50 bits per heavy atom. The fraction of sp³-hybridized carbons (Fsp3) is 0.636.